The Bertz CT molecular complexity index is 707. The van der Waals surface area contributed by atoms with Crippen molar-refractivity contribution in [1.29, 1.82) is 0 Å². The molecule has 24 heavy (non-hydrogen) atoms. The van der Waals surface area contributed by atoms with Gasteiger partial charge in [-0.05, 0) is 31.0 Å². The second-order valence-electron chi connectivity index (χ2n) is 5.35. The normalized spacial score (nSPS) is 11.7. The first kappa shape index (κ1) is 17.7. The molecule has 2 rings (SSSR count). The van der Waals surface area contributed by atoms with E-state index in [4.69, 9.17) is 4.74 Å². The summed E-state index contributed by atoms with van der Waals surface area (Å²) in [5, 5.41) is 5.34. The second-order valence-corrected chi connectivity index (χ2v) is 5.35. The fraction of sp³-hybridized carbons (Fsp3) is 0.278. The minimum absolute atomic E-state index is 0.233. The molecule has 0 saturated heterocycles. The number of urea groups is 1. The van der Waals surface area contributed by atoms with E-state index in [1.54, 1.807) is 14.0 Å². The third kappa shape index (κ3) is 4.68. The Balaban J connectivity index is 1.84. The van der Waals surface area contributed by atoms with Gasteiger partial charge in [-0.15, -0.1) is 0 Å². The van der Waals surface area contributed by atoms with Crippen LogP contribution in [0.3, 0.4) is 0 Å². The van der Waals surface area contributed by atoms with Crippen molar-refractivity contribution in [2.75, 3.05) is 13.7 Å². The van der Waals surface area contributed by atoms with Crippen molar-refractivity contribution in [3.63, 3.8) is 0 Å². The van der Waals surface area contributed by atoms with Crippen molar-refractivity contribution >= 4 is 6.03 Å². The summed E-state index contributed by atoms with van der Waals surface area (Å²) in [5.41, 5.74) is 1.22. The van der Waals surface area contributed by atoms with Gasteiger partial charge in [0.1, 0.15) is 17.4 Å². The number of hydrogen-bond acceptors (Lipinski definition) is 2. The molecule has 0 heterocycles. The molecule has 0 aliphatic rings. The van der Waals surface area contributed by atoms with Crippen LogP contribution in [0, 0.1) is 11.6 Å². The molecule has 0 fully saturated rings. The van der Waals surface area contributed by atoms with Crippen molar-refractivity contribution in [3.05, 3.63) is 65.2 Å². The Morgan fingerprint density at radius 1 is 1.21 bits per heavy atom. The van der Waals surface area contributed by atoms with Gasteiger partial charge in [-0.3, -0.25) is 0 Å². The minimum atomic E-state index is -0.683. The molecule has 0 bridgehead atoms. The molecule has 2 aromatic rings. The van der Waals surface area contributed by atoms with Gasteiger partial charge < -0.3 is 15.4 Å². The van der Waals surface area contributed by atoms with Crippen LogP contribution in [-0.4, -0.2) is 19.7 Å². The summed E-state index contributed by atoms with van der Waals surface area (Å²) >= 11 is 0. The number of amides is 2. The lowest BCUT2D eigenvalue weighted by Gasteiger charge is -2.16. The topological polar surface area (TPSA) is 50.4 Å². The number of benzene rings is 2. The first-order valence-electron chi connectivity index (χ1n) is 7.62. The number of halogens is 2. The molecule has 2 N–H and O–H groups in total. The predicted molar refractivity (Wildman–Crippen MR) is 88.0 cm³/mol. The highest BCUT2D eigenvalue weighted by molar-refractivity contribution is 5.74. The summed E-state index contributed by atoms with van der Waals surface area (Å²) < 4.78 is 31.8. The van der Waals surface area contributed by atoms with Crippen molar-refractivity contribution in [2.45, 2.75) is 19.4 Å². The number of carbonyl (C=O) groups is 1. The van der Waals surface area contributed by atoms with Crippen molar-refractivity contribution in [1.82, 2.24) is 10.6 Å². The first-order valence-corrected chi connectivity index (χ1v) is 7.62. The van der Waals surface area contributed by atoms with Crippen molar-refractivity contribution in [2.24, 2.45) is 0 Å². The standard InChI is InChI=1S/C18H20F2N2O2/c1-12(15-8-7-14(19)11-16(15)20)22-18(23)21-10-9-13-5-3-4-6-17(13)24-2/h3-8,11-12H,9-10H2,1-2H3,(H2,21,22,23). The summed E-state index contributed by atoms with van der Waals surface area (Å²) in [6.45, 7) is 2.04. The van der Waals surface area contributed by atoms with Crippen molar-refractivity contribution in [3.8, 4) is 5.75 Å². The smallest absolute Gasteiger partial charge is 0.315 e. The highest BCUT2D eigenvalue weighted by Gasteiger charge is 2.14. The molecular weight excluding hydrogens is 314 g/mol. The zero-order valence-electron chi connectivity index (χ0n) is 13.6. The van der Waals surface area contributed by atoms with Crippen LogP contribution in [0.2, 0.25) is 0 Å². The van der Waals surface area contributed by atoms with E-state index in [1.807, 2.05) is 24.3 Å². The molecule has 0 saturated carbocycles. The number of rotatable bonds is 6. The lowest BCUT2D eigenvalue weighted by molar-refractivity contribution is 0.238. The maximum atomic E-state index is 13.7. The first-order chi connectivity index (χ1) is 11.5. The summed E-state index contributed by atoms with van der Waals surface area (Å²) in [7, 11) is 1.60. The maximum Gasteiger partial charge on any atom is 0.315 e. The molecule has 1 atom stereocenters. The molecule has 0 aromatic heterocycles. The molecule has 0 aliphatic carbocycles. The average Bonchev–Trinajstić information content (AvgIpc) is 2.55. The number of nitrogens with one attached hydrogen (secondary N) is 2. The number of hydrogen-bond donors (Lipinski definition) is 2. The van der Waals surface area contributed by atoms with E-state index in [1.165, 1.54) is 6.07 Å². The van der Waals surface area contributed by atoms with E-state index in [-0.39, 0.29) is 5.56 Å². The summed E-state index contributed by atoms with van der Waals surface area (Å²) in [5.74, 6) is -0.567. The van der Waals surface area contributed by atoms with E-state index >= 15 is 0 Å². The van der Waals surface area contributed by atoms with E-state index < -0.39 is 23.7 Å². The number of para-hydroxylation sites is 1. The van der Waals surface area contributed by atoms with Gasteiger partial charge in [0.25, 0.3) is 0 Å². The molecule has 6 heteroatoms. The van der Waals surface area contributed by atoms with Crippen LogP contribution < -0.4 is 15.4 Å². The maximum absolute atomic E-state index is 13.7. The second kappa shape index (κ2) is 8.29. The Kier molecular flexibility index (Phi) is 6.12. The molecule has 2 aromatic carbocycles. The SMILES string of the molecule is COc1ccccc1CCNC(=O)NC(C)c1ccc(F)cc1F. The van der Waals surface area contributed by atoms with Crippen LogP contribution in [0.25, 0.3) is 0 Å². The third-order valence-corrected chi connectivity index (χ3v) is 3.65. The molecule has 1 unspecified atom stereocenters. The van der Waals surface area contributed by atoms with E-state index in [2.05, 4.69) is 10.6 Å². The van der Waals surface area contributed by atoms with Gasteiger partial charge >= 0.3 is 6.03 Å². The summed E-state index contributed by atoms with van der Waals surface area (Å²) in [6.07, 6.45) is 0.608. The lowest BCUT2D eigenvalue weighted by atomic mass is 10.1. The van der Waals surface area contributed by atoms with E-state index in [0.717, 1.165) is 23.4 Å². The highest BCUT2D eigenvalue weighted by Crippen LogP contribution is 2.18. The summed E-state index contributed by atoms with van der Waals surface area (Å²) in [4.78, 5) is 11.9. The van der Waals surface area contributed by atoms with Crippen LogP contribution in [0.4, 0.5) is 13.6 Å². The lowest BCUT2D eigenvalue weighted by Crippen LogP contribution is -2.38. The third-order valence-electron chi connectivity index (χ3n) is 3.65. The Morgan fingerprint density at radius 3 is 2.67 bits per heavy atom. The van der Waals surface area contributed by atoms with Crippen LogP contribution in [0.1, 0.15) is 24.1 Å². The van der Waals surface area contributed by atoms with Gasteiger partial charge in [-0.25, -0.2) is 13.6 Å². The zero-order chi connectivity index (χ0) is 17.5. The Hall–Kier alpha value is -2.63. The number of ether oxygens (including phenoxy) is 1. The largest absolute Gasteiger partial charge is 0.496 e. The number of carbonyl (C=O) groups excluding carboxylic acids is 1. The minimum Gasteiger partial charge on any atom is -0.496 e. The molecule has 0 spiro atoms. The van der Waals surface area contributed by atoms with Crippen molar-refractivity contribution < 1.29 is 18.3 Å². The van der Waals surface area contributed by atoms with Gasteiger partial charge in [0.2, 0.25) is 0 Å². The predicted octanol–water partition coefficient (Wildman–Crippen LogP) is 3.58. The van der Waals surface area contributed by atoms with Crippen LogP contribution in [-0.2, 0) is 6.42 Å². The van der Waals surface area contributed by atoms with E-state index in [9.17, 15) is 13.6 Å². The molecule has 128 valence electrons. The van der Waals surface area contributed by atoms with Gasteiger partial charge in [-0.2, -0.15) is 0 Å². The fourth-order valence-electron chi connectivity index (χ4n) is 2.40. The van der Waals surface area contributed by atoms with Crippen LogP contribution in [0.5, 0.6) is 5.75 Å². The Morgan fingerprint density at radius 2 is 1.96 bits per heavy atom. The molecule has 0 aliphatic heterocycles. The monoisotopic (exact) mass is 334 g/mol. The molecule has 0 radical (unpaired) electrons. The van der Waals surface area contributed by atoms with Gasteiger partial charge in [-0.1, -0.05) is 24.3 Å². The van der Waals surface area contributed by atoms with Gasteiger partial charge in [0.05, 0.1) is 13.2 Å². The number of methoxy groups -OCH3 is 1. The zero-order valence-corrected chi connectivity index (χ0v) is 13.6. The molecular formula is C18H20F2N2O2. The van der Waals surface area contributed by atoms with Crippen LogP contribution in [0.15, 0.2) is 42.5 Å². The van der Waals surface area contributed by atoms with Gasteiger partial charge in [0, 0.05) is 18.2 Å². The molecule has 4 nitrogen and oxygen atoms in total. The fourth-order valence-corrected chi connectivity index (χ4v) is 2.40. The van der Waals surface area contributed by atoms with E-state index in [0.29, 0.717) is 13.0 Å². The quantitative estimate of drug-likeness (QED) is 0.848. The van der Waals surface area contributed by atoms with Gasteiger partial charge in [0.15, 0.2) is 0 Å². The highest BCUT2D eigenvalue weighted by atomic mass is 19.1. The average molecular weight is 334 g/mol. The molecule has 2 amide bonds. The van der Waals surface area contributed by atoms with Crippen LogP contribution >= 0.6 is 0 Å². The Labute approximate surface area is 139 Å². The summed E-state index contributed by atoms with van der Waals surface area (Å²) in [6, 6.07) is 9.86.